The van der Waals surface area contributed by atoms with E-state index in [2.05, 4.69) is 27.2 Å². The molecule has 21 heavy (non-hydrogen) atoms. The van der Waals surface area contributed by atoms with E-state index in [1.54, 1.807) is 0 Å². The molecule has 9 nitrogen and oxygen atoms in total. The molecule has 4 N–H and O–H groups in total. The van der Waals surface area contributed by atoms with E-state index >= 15 is 0 Å². The van der Waals surface area contributed by atoms with Gasteiger partial charge < -0.3 is 25.0 Å². The van der Waals surface area contributed by atoms with Gasteiger partial charge in [-0.25, -0.2) is 4.39 Å². The average molecular weight is 335 g/mol. The molecule has 1 saturated heterocycles. The van der Waals surface area contributed by atoms with E-state index in [4.69, 9.17) is 22.5 Å². The number of nitrogens with one attached hydrogen (secondary N) is 1. The van der Waals surface area contributed by atoms with Gasteiger partial charge in [0.25, 0.3) is 0 Å². The fraction of sp³-hybridized carbons (Fsp3) is 0.556. The highest BCUT2D eigenvalue weighted by atomic mass is 32.1. The van der Waals surface area contributed by atoms with Crippen molar-refractivity contribution in [2.24, 2.45) is 5.11 Å². The predicted octanol–water partition coefficient (Wildman–Crippen LogP) is 0.664. The van der Waals surface area contributed by atoms with Crippen molar-refractivity contribution in [1.82, 2.24) is 9.55 Å². The first-order chi connectivity index (χ1) is 9.86. The molecule has 0 bridgehead atoms. The van der Waals surface area contributed by atoms with Gasteiger partial charge in [0.1, 0.15) is 16.8 Å². The number of aliphatic hydroxyl groups excluding tert-OH is 3. The number of ether oxygens (including phenoxy) is 1. The van der Waals surface area contributed by atoms with Crippen LogP contribution in [0.5, 0.6) is 0 Å². The molecule has 0 spiro atoms. The Bertz CT molecular complexity index is 717. The lowest BCUT2D eigenvalue weighted by molar-refractivity contribution is -0.124. The zero-order valence-electron chi connectivity index (χ0n) is 10.2. The second kappa shape index (κ2) is 5.77. The van der Waals surface area contributed by atoms with Crippen LogP contribution in [-0.2, 0) is 4.74 Å². The minimum Gasteiger partial charge on any atom is -0.393 e. The molecule has 1 aliphatic rings. The highest BCUT2D eigenvalue weighted by Crippen LogP contribution is 2.38. The molecule has 1 aromatic rings. The number of nitrogens with zero attached hydrogens (tertiary/aromatic N) is 4. The van der Waals surface area contributed by atoms with Crippen LogP contribution in [0.4, 0.5) is 4.39 Å². The number of hydrogen-bond acceptors (Lipinski definition) is 7. The largest absolute Gasteiger partial charge is 0.393 e. The maximum atomic E-state index is 13.5. The van der Waals surface area contributed by atoms with E-state index in [0.717, 1.165) is 10.8 Å². The number of azide groups is 1. The van der Waals surface area contributed by atoms with Crippen LogP contribution in [0.2, 0.25) is 0 Å². The Morgan fingerprint density at radius 1 is 1.57 bits per heavy atom. The van der Waals surface area contributed by atoms with Crippen molar-refractivity contribution in [3.8, 4) is 0 Å². The SMILES string of the molecule is [N-]=[N+]=N[C@]1(CO)O[C@@H](n2cc(F)c(=S)[nH]c2=S)C(O)[C@H]1O. The Balaban J connectivity index is 2.52. The summed E-state index contributed by atoms with van der Waals surface area (Å²) in [5.41, 5.74) is 6.40. The number of aliphatic hydroxyl groups is 3. The Morgan fingerprint density at radius 3 is 2.81 bits per heavy atom. The molecule has 0 amide bonds. The fourth-order valence-corrected chi connectivity index (χ4v) is 2.44. The molecule has 2 heterocycles. The van der Waals surface area contributed by atoms with Crippen LogP contribution in [0.15, 0.2) is 11.3 Å². The lowest BCUT2D eigenvalue weighted by Gasteiger charge is -2.23. The number of aromatic nitrogens is 2. The standard InChI is InChI=1S/C9H10FN5O4S2/c10-3-1-15(8(21)12-6(3)20)7-4(17)5(18)9(2-16,19-7)13-14-11/h1,4-5,7,16-18H,2H2,(H,12,20,21)/t4?,5-,7-,9-/m1/s1. The van der Waals surface area contributed by atoms with Crippen molar-refractivity contribution in [3.63, 3.8) is 0 Å². The zero-order valence-corrected chi connectivity index (χ0v) is 11.9. The van der Waals surface area contributed by atoms with Crippen LogP contribution < -0.4 is 0 Å². The van der Waals surface area contributed by atoms with Crippen molar-refractivity contribution in [2.75, 3.05) is 6.61 Å². The maximum Gasteiger partial charge on any atom is 0.200 e. The van der Waals surface area contributed by atoms with Crippen molar-refractivity contribution >= 4 is 24.4 Å². The van der Waals surface area contributed by atoms with Gasteiger partial charge in [0.05, 0.1) is 6.61 Å². The molecule has 114 valence electrons. The molecule has 1 fully saturated rings. The number of rotatable bonds is 3. The maximum absolute atomic E-state index is 13.5. The minimum absolute atomic E-state index is 0.0765. The lowest BCUT2D eigenvalue weighted by Crippen LogP contribution is -2.44. The Labute approximate surface area is 126 Å². The molecule has 0 saturated carbocycles. The first-order valence-electron chi connectivity index (χ1n) is 5.58. The number of H-pyrrole nitrogens is 1. The van der Waals surface area contributed by atoms with E-state index in [0.29, 0.717) is 0 Å². The van der Waals surface area contributed by atoms with Gasteiger partial charge in [0.2, 0.25) is 5.72 Å². The van der Waals surface area contributed by atoms with Crippen LogP contribution >= 0.6 is 24.4 Å². The summed E-state index contributed by atoms with van der Waals surface area (Å²) < 4.78 is 19.4. The summed E-state index contributed by atoms with van der Waals surface area (Å²) >= 11 is 9.61. The van der Waals surface area contributed by atoms with E-state index in [9.17, 15) is 19.7 Å². The Kier molecular flexibility index (Phi) is 4.39. The van der Waals surface area contributed by atoms with Crippen LogP contribution in [0, 0.1) is 15.2 Å². The Hall–Kier alpha value is -1.40. The van der Waals surface area contributed by atoms with Crippen molar-refractivity contribution < 1.29 is 24.4 Å². The first kappa shape index (κ1) is 16.0. The van der Waals surface area contributed by atoms with E-state index in [1.165, 1.54) is 0 Å². The summed E-state index contributed by atoms with van der Waals surface area (Å²) in [4.78, 5) is 4.84. The van der Waals surface area contributed by atoms with Crippen molar-refractivity contribution in [1.29, 1.82) is 0 Å². The topological polar surface area (TPSA) is 139 Å². The second-order valence-corrected chi connectivity index (χ2v) is 5.07. The molecular weight excluding hydrogens is 325 g/mol. The van der Waals surface area contributed by atoms with Gasteiger partial charge in [-0.05, 0) is 17.7 Å². The van der Waals surface area contributed by atoms with Gasteiger partial charge in [-0.15, -0.1) is 0 Å². The van der Waals surface area contributed by atoms with Gasteiger partial charge in [-0.2, -0.15) is 0 Å². The molecule has 4 atom stereocenters. The Morgan fingerprint density at radius 2 is 2.24 bits per heavy atom. The van der Waals surface area contributed by atoms with Crippen LogP contribution in [0.3, 0.4) is 0 Å². The minimum atomic E-state index is -2.09. The fourth-order valence-electron chi connectivity index (χ4n) is 1.96. The molecule has 0 aliphatic carbocycles. The number of hydrogen-bond donors (Lipinski definition) is 4. The van der Waals surface area contributed by atoms with E-state index < -0.39 is 36.6 Å². The summed E-state index contributed by atoms with van der Waals surface area (Å²) in [6, 6.07) is 0. The lowest BCUT2D eigenvalue weighted by atomic mass is 10.1. The van der Waals surface area contributed by atoms with Crippen LogP contribution in [-0.4, -0.2) is 49.4 Å². The number of halogens is 1. The quantitative estimate of drug-likeness (QED) is 0.277. The molecule has 1 aromatic heterocycles. The molecule has 1 aliphatic heterocycles. The first-order valence-corrected chi connectivity index (χ1v) is 6.40. The van der Waals surface area contributed by atoms with Crippen LogP contribution in [0.25, 0.3) is 10.4 Å². The summed E-state index contributed by atoms with van der Waals surface area (Å²) in [6.07, 6.45) is -3.83. The second-order valence-electron chi connectivity index (χ2n) is 4.28. The normalized spacial score (nSPS) is 31.9. The van der Waals surface area contributed by atoms with Gasteiger partial charge >= 0.3 is 0 Å². The molecular formula is C9H10FN5O4S2. The smallest absolute Gasteiger partial charge is 0.200 e. The summed E-state index contributed by atoms with van der Waals surface area (Å²) in [5.74, 6) is -0.825. The third-order valence-electron chi connectivity index (χ3n) is 3.04. The molecule has 2 rings (SSSR count). The zero-order chi connectivity index (χ0) is 15.8. The van der Waals surface area contributed by atoms with E-state index in [1.807, 2.05) is 0 Å². The molecule has 0 aromatic carbocycles. The van der Waals surface area contributed by atoms with Gasteiger partial charge in [-0.1, -0.05) is 17.3 Å². The van der Waals surface area contributed by atoms with Crippen molar-refractivity contribution in [3.05, 3.63) is 31.9 Å². The highest BCUT2D eigenvalue weighted by molar-refractivity contribution is 7.72. The predicted molar refractivity (Wildman–Crippen MR) is 71.5 cm³/mol. The van der Waals surface area contributed by atoms with Gasteiger partial charge in [0, 0.05) is 11.1 Å². The van der Waals surface area contributed by atoms with Crippen molar-refractivity contribution in [2.45, 2.75) is 24.2 Å². The van der Waals surface area contributed by atoms with Gasteiger partial charge in [0.15, 0.2) is 16.8 Å². The third-order valence-corrected chi connectivity index (χ3v) is 3.65. The molecule has 1 unspecified atom stereocenters. The third kappa shape index (κ3) is 2.58. The summed E-state index contributed by atoms with van der Waals surface area (Å²) in [7, 11) is 0. The summed E-state index contributed by atoms with van der Waals surface area (Å²) in [5, 5.41) is 32.4. The van der Waals surface area contributed by atoms with Gasteiger partial charge in [-0.3, -0.25) is 4.57 Å². The molecule has 0 radical (unpaired) electrons. The number of aromatic amines is 1. The van der Waals surface area contributed by atoms with E-state index in [-0.39, 0.29) is 9.41 Å². The monoisotopic (exact) mass is 335 g/mol. The van der Waals surface area contributed by atoms with Crippen LogP contribution in [0.1, 0.15) is 6.23 Å². The summed E-state index contributed by atoms with van der Waals surface area (Å²) in [6.45, 7) is -0.884. The highest BCUT2D eigenvalue weighted by Gasteiger charge is 2.54. The average Bonchev–Trinajstić information content (AvgIpc) is 2.69. The molecule has 12 heteroatoms.